The average Bonchev–Trinajstić information content (AvgIpc) is 2.80. The number of aliphatic hydroxyl groups excluding tert-OH is 1. The maximum atomic E-state index is 9.14. The topological polar surface area (TPSA) is 61.8 Å². The molecule has 0 radical (unpaired) electrons. The van der Waals surface area contributed by atoms with Crippen molar-refractivity contribution in [2.75, 3.05) is 0 Å². The van der Waals surface area contributed by atoms with Crippen molar-refractivity contribution in [3.05, 3.63) is 11.6 Å². The van der Waals surface area contributed by atoms with Crippen LogP contribution in [-0.2, 0) is 0 Å². The van der Waals surface area contributed by atoms with Crippen LogP contribution in [0.4, 0.5) is 0 Å². The lowest BCUT2D eigenvalue weighted by molar-refractivity contribution is 0.0718. The zero-order valence-corrected chi connectivity index (χ0v) is 7.40. The van der Waals surface area contributed by atoms with Gasteiger partial charge in [0, 0.05) is 11.8 Å². The van der Waals surface area contributed by atoms with E-state index in [2.05, 4.69) is 15.2 Å². The number of hydrogen-bond donors (Lipinski definition) is 2. The Hall–Kier alpha value is -0.900. The Bertz CT molecular complexity index is 312. The molecule has 0 spiro atoms. The van der Waals surface area contributed by atoms with Crippen LogP contribution >= 0.6 is 0 Å². The van der Waals surface area contributed by atoms with E-state index in [4.69, 9.17) is 5.11 Å². The van der Waals surface area contributed by atoms with E-state index in [9.17, 15) is 0 Å². The number of rotatable bonds is 2. The Balaban J connectivity index is 1.74. The molecule has 0 unspecified atom stereocenters. The molecule has 2 fully saturated rings. The molecule has 13 heavy (non-hydrogen) atoms. The molecule has 1 heterocycles. The van der Waals surface area contributed by atoms with E-state index in [1.165, 1.54) is 12.8 Å². The summed E-state index contributed by atoms with van der Waals surface area (Å²) in [6, 6.07) is 0. The van der Waals surface area contributed by atoms with Gasteiger partial charge in [-0.2, -0.15) is 5.10 Å². The smallest absolute Gasteiger partial charge is 0.153 e. The van der Waals surface area contributed by atoms with Gasteiger partial charge in [0.1, 0.15) is 5.82 Å². The van der Waals surface area contributed by atoms with Crippen LogP contribution in [0.5, 0.6) is 0 Å². The second kappa shape index (κ2) is 2.54. The van der Waals surface area contributed by atoms with Gasteiger partial charge in [-0.15, -0.1) is 0 Å². The molecule has 2 N–H and O–H groups in total. The van der Waals surface area contributed by atoms with Gasteiger partial charge in [0.15, 0.2) is 5.82 Å². The number of aromatic nitrogens is 3. The summed E-state index contributed by atoms with van der Waals surface area (Å²) in [5.74, 6) is 3.01. The normalized spacial score (nSPS) is 33.0. The van der Waals surface area contributed by atoms with Crippen molar-refractivity contribution in [2.45, 2.75) is 43.6 Å². The maximum absolute atomic E-state index is 9.14. The average molecular weight is 179 g/mol. The number of nitrogens with zero attached hydrogens (tertiary/aromatic N) is 2. The van der Waals surface area contributed by atoms with Crippen molar-refractivity contribution in [3.8, 4) is 0 Å². The lowest BCUT2D eigenvalue weighted by Crippen LogP contribution is -2.27. The molecule has 4 nitrogen and oxygen atoms in total. The first kappa shape index (κ1) is 7.50. The molecular weight excluding hydrogens is 166 g/mol. The zero-order valence-electron chi connectivity index (χ0n) is 7.40. The fourth-order valence-corrected chi connectivity index (χ4v) is 1.81. The molecule has 0 saturated heterocycles. The molecule has 2 aliphatic rings. The Morgan fingerprint density at radius 2 is 2.00 bits per heavy atom. The molecule has 2 saturated carbocycles. The SMILES string of the molecule is OC1CC(c2n[nH]c(C3CC3)n2)C1. The van der Waals surface area contributed by atoms with Gasteiger partial charge < -0.3 is 5.11 Å². The van der Waals surface area contributed by atoms with E-state index in [1.54, 1.807) is 0 Å². The summed E-state index contributed by atoms with van der Waals surface area (Å²) in [7, 11) is 0. The zero-order chi connectivity index (χ0) is 8.84. The van der Waals surface area contributed by atoms with Crippen LogP contribution in [0.25, 0.3) is 0 Å². The largest absolute Gasteiger partial charge is 0.393 e. The molecule has 0 atom stereocenters. The summed E-state index contributed by atoms with van der Waals surface area (Å²) in [4.78, 5) is 4.45. The Morgan fingerprint density at radius 3 is 2.62 bits per heavy atom. The molecular formula is C9H13N3O. The monoisotopic (exact) mass is 179 g/mol. The second-order valence-corrected chi connectivity index (χ2v) is 4.18. The Kier molecular flexibility index (Phi) is 1.47. The third-order valence-electron chi connectivity index (χ3n) is 2.96. The molecule has 0 amide bonds. The number of aromatic amines is 1. The highest BCUT2D eigenvalue weighted by molar-refractivity contribution is 5.09. The number of aliphatic hydroxyl groups is 1. The molecule has 0 bridgehead atoms. The highest BCUT2D eigenvalue weighted by Crippen LogP contribution is 2.40. The maximum Gasteiger partial charge on any atom is 0.153 e. The van der Waals surface area contributed by atoms with Gasteiger partial charge in [-0.3, -0.25) is 5.10 Å². The fraction of sp³-hybridized carbons (Fsp3) is 0.778. The van der Waals surface area contributed by atoms with E-state index in [0.717, 1.165) is 24.5 Å². The lowest BCUT2D eigenvalue weighted by atomic mass is 9.82. The fourth-order valence-electron chi connectivity index (χ4n) is 1.81. The van der Waals surface area contributed by atoms with Crippen LogP contribution in [0, 0.1) is 0 Å². The first-order valence-electron chi connectivity index (χ1n) is 4.93. The summed E-state index contributed by atoms with van der Waals surface area (Å²) in [6.45, 7) is 0. The molecule has 0 aliphatic heterocycles. The van der Waals surface area contributed by atoms with Crippen LogP contribution in [0.3, 0.4) is 0 Å². The summed E-state index contributed by atoms with van der Waals surface area (Å²) < 4.78 is 0. The van der Waals surface area contributed by atoms with Gasteiger partial charge in [-0.25, -0.2) is 4.98 Å². The number of hydrogen-bond acceptors (Lipinski definition) is 3. The highest BCUT2D eigenvalue weighted by atomic mass is 16.3. The molecule has 4 heteroatoms. The van der Waals surface area contributed by atoms with E-state index in [-0.39, 0.29) is 6.10 Å². The first-order valence-corrected chi connectivity index (χ1v) is 4.93. The van der Waals surface area contributed by atoms with E-state index < -0.39 is 0 Å². The molecule has 2 aliphatic carbocycles. The van der Waals surface area contributed by atoms with Crippen molar-refractivity contribution in [1.29, 1.82) is 0 Å². The van der Waals surface area contributed by atoms with Crippen LogP contribution in [0.1, 0.15) is 49.2 Å². The standard InChI is InChI=1S/C9H13N3O/c13-7-3-6(4-7)9-10-8(11-12-9)5-1-2-5/h5-7,13H,1-4H2,(H,10,11,12). The Labute approximate surface area is 76.4 Å². The number of nitrogens with one attached hydrogen (secondary N) is 1. The summed E-state index contributed by atoms with van der Waals surface area (Å²) >= 11 is 0. The first-order chi connectivity index (χ1) is 6.33. The van der Waals surface area contributed by atoms with Crippen molar-refractivity contribution >= 4 is 0 Å². The van der Waals surface area contributed by atoms with E-state index in [1.807, 2.05) is 0 Å². The van der Waals surface area contributed by atoms with Crippen molar-refractivity contribution in [3.63, 3.8) is 0 Å². The van der Waals surface area contributed by atoms with Crippen molar-refractivity contribution < 1.29 is 5.11 Å². The van der Waals surface area contributed by atoms with E-state index >= 15 is 0 Å². The quantitative estimate of drug-likeness (QED) is 0.709. The minimum atomic E-state index is -0.118. The van der Waals surface area contributed by atoms with E-state index in [0.29, 0.717) is 11.8 Å². The van der Waals surface area contributed by atoms with Crippen molar-refractivity contribution in [2.24, 2.45) is 0 Å². The van der Waals surface area contributed by atoms with Gasteiger partial charge in [0.05, 0.1) is 6.10 Å². The minimum Gasteiger partial charge on any atom is -0.393 e. The van der Waals surface area contributed by atoms with Crippen LogP contribution in [0.15, 0.2) is 0 Å². The summed E-state index contributed by atoms with van der Waals surface area (Å²) in [5.41, 5.74) is 0. The molecule has 0 aromatic carbocycles. The number of H-pyrrole nitrogens is 1. The van der Waals surface area contributed by atoms with Gasteiger partial charge >= 0.3 is 0 Å². The lowest BCUT2D eigenvalue weighted by Gasteiger charge is -2.28. The van der Waals surface area contributed by atoms with Gasteiger partial charge in [-0.1, -0.05) is 0 Å². The molecule has 1 aromatic rings. The van der Waals surface area contributed by atoms with Gasteiger partial charge in [0.2, 0.25) is 0 Å². The Morgan fingerprint density at radius 1 is 1.23 bits per heavy atom. The predicted octanol–water partition coefficient (Wildman–Crippen LogP) is 0.920. The summed E-state index contributed by atoms with van der Waals surface area (Å²) in [6.07, 6.45) is 4.06. The van der Waals surface area contributed by atoms with Crippen LogP contribution in [0.2, 0.25) is 0 Å². The summed E-state index contributed by atoms with van der Waals surface area (Å²) in [5, 5.41) is 16.3. The second-order valence-electron chi connectivity index (χ2n) is 4.18. The highest BCUT2D eigenvalue weighted by Gasteiger charge is 2.33. The van der Waals surface area contributed by atoms with Crippen LogP contribution < -0.4 is 0 Å². The van der Waals surface area contributed by atoms with Crippen LogP contribution in [-0.4, -0.2) is 26.4 Å². The predicted molar refractivity (Wildman–Crippen MR) is 46.3 cm³/mol. The minimum absolute atomic E-state index is 0.118. The van der Waals surface area contributed by atoms with Gasteiger partial charge in [-0.05, 0) is 25.7 Å². The van der Waals surface area contributed by atoms with Gasteiger partial charge in [0.25, 0.3) is 0 Å². The van der Waals surface area contributed by atoms with Crippen molar-refractivity contribution in [1.82, 2.24) is 15.2 Å². The third kappa shape index (κ3) is 1.25. The molecule has 3 rings (SSSR count). The molecule has 1 aromatic heterocycles. The molecule has 70 valence electrons. The third-order valence-corrected chi connectivity index (χ3v) is 2.96.